The first kappa shape index (κ1) is 16.6. The minimum atomic E-state index is -4.60. The molecule has 1 atom stereocenters. The van der Waals surface area contributed by atoms with Crippen molar-refractivity contribution in [2.75, 3.05) is 5.32 Å². The minimum absolute atomic E-state index is 0.000748. The van der Waals surface area contributed by atoms with Gasteiger partial charge in [-0.25, -0.2) is 14.4 Å². The van der Waals surface area contributed by atoms with Gasteiger partial charge in [0.1, 0.15) is 5.82 Å². The van der Waals surface area contributed by atoms with Gasteiger partial charge >= 0.3 is 6.18 Å². The van der Waals surface area contributed by atoms with E-state index in [4.69, 9.17) is 0 Å². The minimum Gasteiger partial charge on any atom is -0.324 e. The molecule has 0 saturated heterocycles. The summed E-state index contributed by atoms with van der Waals surface area (Å²) in [6.45, 7) is 1.66. The van der Waals surface area contributed by atoms with Crippen LogP contribution in [0.2, 0.25) is 0 Å². The van der Waals surface area contributed by atoms with Gasteiger partial charge in [-0.2, -0.15) is 13.2 Å². The van der Waals surface area contributed by atoms with E-state index in [-0.39, 0.29) is 23.2 Å². The Morgan fingerprint density at radius 1 is 1.25 bits per heavy atom. The number of nitrogens with one attached hydrogen (secondary N) is 2. The number of rotatable bonds is 5. The van der Waals surface area contributed by atoms with Gasteiger partial charge in [0.2, 0.25) is 5.95 Å². The summed E-state index contributed by atoms with van der Waals surface area (Å²) in [5.41, 5.74) is -0.712. The zero-order valence-electron chi connectivity index (χ0n) is 12.9. The molecule has 1 aromatic carbocycles. The van der Waals surface area contributed by atoms with E-state index in [1.165, 1.54) is 18.2 Å². The van der Waals surface area contributed by atoms with Crippen LogP contribution >= 0.6 is 0 Å². The quantitative estimate of drug-likeness (QED) is 0.802. The van der Waals surface area contributed by atoms with Gasteiger partial charge in [-0.1, -0.05) is 6.07 Å². The molecule has 2 aromatic rings. The van der Waals surface area contributed by atoms with Gasteiger partial charge < -0.3 is 10.6 Å². The molecule has 4 nitrogen and oxygen atoms in total. The van der Waals surface area contributed by atoms with Crippen molar-refractivity contribution >= 4 is 11.6 Å². The zero-order valence-corrected chi connectivity index (χ0v) is 12.9. The molecular formula is C16H16F4N4. The summed E-state index contributed by atoms with van der Waals surface area (Å²) in [6.07, 6.45) is -1.51. The average Bonchev–Trinajstić information content (AvgIpc) is 3.30. The summed E-state index contributed by atoms with van der Waals surface area (Å²) in [7, 11) is 0. The highest BCUT2D eigenvalue weighted by Gasteiger charge is 2.38. The first-order chi connectivity index (χ1) is 11.3. The number of alkyl halides is 3. The van der Waals surface area contributed by atoms with Crippen LogP contribution < -0.4 is 10.6 Å². The highest BCUT2D eigenvalue weighted by Crippen LogP contribution is 2.35. The van der Waals surface area contributed by atoms with Crippen molar-refractivity contribution < 1.29 is 17.6 Å². The molecule has 1 aromatic heterocycles. The van der Waals surface area contributed by atoms with E-state index in [9.17, 15) is 17.6 Å². The molecule has 24 heavy (non-hydrogen) atoms. The highest BCUT2D eigenvalue weighted by atomic mass is 19.4. The van der Waals surface area contributed by atoms with Crippen LogP contribution in [0.4, 0.5) is 29.2 Å². The Bertz CT molecular complexity index is 728. The van der Waals surface area contributed by atoms with Crippen LogP contribution in [-0.4, -0.2) is 16.0 Å². The van der Waals surface area contributed by atoms with Crippen molar-refractivity contribution in [1.29, 1.82) is 0 Å². The maximum absolute atomic E-state index is 13.3. The monoisotopic (exact) mass is 340 g/mol. The Morgan fingerprint density at radius 2 is 2.00 bits per heavy atom. The molecule has 3 rings (SSSR count). The lowest BCUT2D eigenvalue weighted by Crippen LogP contribution is -2.25. The molecule has 0 radical (unpaired) electrons. The third-order valence-electron chi connectivity index (χ3n) is 3.70. The predicted octanol–water partition coefficient (Wildman–Crippen LogP) is 4.19. The number of nitrogens with zero attached hydrogens (tertiary/aromatic N) is 2. The van der Waals surface area contributed by atoms with Crippen molar-refractivity contribution in [3.05, 3.63) is 47.5 Å². The van der Waals surface area contributed by atoms with E-state index >= 15 is 0 Å². The van der Waals surface area contributed by atoms with Crippen molar-refractivity contribution in [2.45, 2.75) is 38.0 Å². The van der Waals surface area contributed by atoms with Crippen LogP contribution in [0.15, 0.2) is 30.5 Å². The smallest absolute Gasteiger partial charge is 0.324 e. The molecule has 8 heteroatoms. The van der Waals surface area contributed by atoms with Crippen molar-refractivity contribution in [3.63, 3.8) is 0 Å². The largest absolute Gasteiger partial charge is 0.433 e. The molecule has 1 aliphatic rings. The SMILES string of the molecule is CC(NC1CC1)c1cnc(Nc2cccc(F)c2)nc1C(F)(F)F. The summed E-state index contributed by atoms with van der Waals surface area (Å²) in [5.74, 6) is -0.731. The number of hydrogen-bond donors (Lipinski definition) is 2. The summed E-state index contributed by atoms with van der Waals surface area (Å²) in [5, 5.41) is 5.70. The summed E-state index contributed by atoms with van der Waals surface area (Å²) in [6, 6.07) is 5.11. The van der Waals surface area contributed by atoms with Gasteiger partial charge in [0.25, 0.3) is 0 Å². The maximum atomic E-state index is 13.3. The number of anilines is 2. The second-order valence-electron chi connectivity index (χ2n) is 5.79. The fraction of sp³-hybridized carbons (Fsp3) is 0.375. The fourth-order valence-corrected chi connectivity index (χ4v) is 2.38. The Kier molecular flexibility index (Phi) is 4.40. The molecular weight excluding hydrogens is 324 g/mol. The molecule has 1 aliphatic carbocycles. The second kappa shape index (κ2) is 6.35. The first-order valence-corrected chi connectivity index (χ1v) is 7.55. The van der Waals surface area contributed by atoms with Crippen LogP contribution in [0.25, 0.3) is 0 Å². The third-order valence-corrected chi connectivity index (χ3v) is 3.70. The van der Waals surface area contributed by atoms with Crippen LogP contribution in [0.1, 0.15) is 37.1 Å². The lowest BCUT2D eigenvalue weighted by Gasteiger charge is -2.19. The fourth-order valence-electron chi connectivity index (χ4n) is 2.38. The van der Waals surface area contributed by atoms with E-state index in [0.717, 1.165) is 25.1 Å². The van der Waals surface area contributed by atoms with Crippen molar-refractivity contribution in [1.82, 2.24) is 15.3 Å². The molecule has 128 valence electrons. The van der Waals surface area contributed by atoms with Gasteiger partial charge in [0.05, 0.1) is 0 Å². The second-order valence-corrected chi connectivity index (χ2v) is 5.79. The Morgan fingerprint density at radius 3 is 2.62 bits per heavy atom. The molecule has 2 N–H and O–H groups in total. The van der Waals surface area contributed by atoms with Gasteiger partial charge in [0.15, 0.2) is 5.69 Å². The summed E-state index contributed by atoms with van der Waals surface area (Å²) < 4.78 is 53.2. The van der Waals surface area contributed by atoms with E-state index in [1.807, 2.05) is 0 Å². The molecule has 0 amide bonds. The van der Waals surface area contributed by atoms with Gasteiger partial charge in [0, 0.05) is 29.5 Å². The van der Waals surface area contributed by atoms with Crippen LogP contribution in [0.5, 0.6) is 0 Å². The van der Waals surface area contributed by atoms with Crippen LogP contribution in [0, 0.1) is 5.82 Å². The van der Waals surface area contributed by atoms with Gasteiger partial charge in [-0.15, -0.1) is 0 Å². The third kappa shape index (κ3) is 4.00. The summed E-state index contributed by atoms with van der Waals surface area (Å²) >= 11 is 0. The zero-order chi connectivity index (χ0) is 17.3. The maximum Gasteiger partial charge on any atom is 0.433 e. The van der Waals surface area contributed by atoms with E-state index in [1.54, 1.807) is 6.92 Å². The van der Waals surface area contributed by atoms with E-state index < -0.39 is 23.7 Å². The molecule has 0 spiro atoms. The summed E-state index contributed by atoms with van der Waals surface area (Å²) in [4.78, 5) is 7.55. The van der Waals surface area contributed by atoms with Crippen LogP contribution in [0.3, 0.4) is 0 Å². The molecule has 1 unspecified atom stereocenters. The van der Waals surface area contributed by atoms with Gasteiger partial charge in [-0.3, -0.25) is 0 Å². The number of aromatic nitrogens is 2. The first-order valence-electron chi connectivity index (χ1n) is 7.55. The number of hydrogen-bond acceptors (Lipinski definition) is 4. The van der Waals surface area contributed by atoms with Crippen molar-refractivity contribution in [3.8, 4) is 0 Å². The Hall–Kier alpha value is -2.22. The normalized spacial score (nSPS) is 16.0. The molecule has 1 saturated carbocycles. The van der Waals surface area contributed by atoms with E-state index in [0.29, 0.717) is 0 Å². The highest BCUT2D eigenvalue weighted by molar-refractivity contribution is 5.53. The van der Waals surface area contributed by atoms with Gasteiger partial charge in [-0.05, 0) is 38.0 Å². The molecule has 1 heterocycles. The number of halogens is 4. The topological polar surface area (TPSA) is 49.8 Å². The number of benzene rings is 1. The molecule has 0 bridgehead atoms. The van der Waals surface area contributed by atoms with Crippen molar-refractivity contribution in [2.24, 2.45) is 0 Å². The molecule has 1 fully saturated rings. The lowest BCUT2D eigenvalue weighted by atomic mass is 10.1. The standard InChI is InChI=1S/C16H16F4N4/c1-9(22-11-5-6-11)13-8-21-15(24-14(13)16(18,19)20)23-12-4-2-3-10(17)7-12/h2-4,7-9,11,22H,5-6H2,1H3,(H,21,23,24). The van der Waals surface area contributed by atoms with Crippen LogP contribution in [-0.2, 0) is 6.18 Å². The lowest BCUT2D eigenvalue weighted by molar-refractivity contribution is -0.142. The molecule has 0 aliphatic heterocycles. The average molecular weight is 340 g/mol. The van der Waals surface area contributed by atoms with E-state index in [2.05, 4.69) is 20.6 Å². The Balaban J connectivity index is 1.89. The predicted molar refractivity (Wildman–Crippen MR) is 81.3 cm³/mol. The Labute approximate surface area is 136 Å².